The van der Waals surface area contributed by atoms with Gasteiger partial charge in [0, 0.05) is 18.9 Å². The van der Waals surface area contributed by atoms with Crippen LogP contribution in [0.15, 0.2) is 4.52 Å². The second-order valence-corrected chi connectivity index (χ2v) is 7.60. The van der Waals surface area contributed by atoms with Gasteiger partial charge in [-0.05, 0) is 32.7 Å². The maximum absolute atomic E-state index is 11.4. The van der Waals surface area contributed by atoms with Crippen LogP contribution in [-0.4, -0.2) is 43.2 Å². The predicted molar refractivity (Wildman–Crippen MR) is 71.6 cm³/mol. The minimum atomic E-state index is -2.79. The van der Waals surface area contributed by atoms with Gasteiger partial charge in [0.1, 0.15) is 9.84 Å². The fourth-order valence-electron chi connectivity index (χ4n) is 2.22. The van der Waals surface area contributed by atoms with Crippen molar-refractivity contribution in [1.82, 2.24) is 15.5 Å². The molecule has 0 aromatic carbocycles. The summed E-state index contributed by atoms with van der Waals surface area (Å²) in [5.74, 6) is 2.27. The van der Waals surface area contributed by atoms with E-state index in [-0.39, 0.29) is 0 Å². The van der Waals surface area contributed by atoms with Gasteiger partial charge in [-0.15, -0.1) is 0 Å². The third-order valence-electron chi connectivity index (χ3n) is 3.63. The molecule has 1 aromatic rings. The first-order chi connectivity index (χ1) is 8.98. The third-order valence-corrected chi connectivity index (χ3v) is 5.34. The molecule has 1 aliphatic heterocycles. The van der Waals surface area contributed by atoms with E-state index >= 15 is 0 Å². The van der Waals surface area contributed by atoms with Crippen LogP contribution < -0.4 is 5.32 Å². The molecular formula is C12H21N3O3S. The van der Waals surface area contributed by atoms with Gasteiger partial charge in [-0.2, -0.15) is 4.98 Å². The summed E-state index contributed by atoms with van der Waals surface area (Å²) in [4.78, 5) is 4.36. The summed E-state index contributed by atoms with van der Waals surface area (Å²) >= 11 is 0. The molecule has 0 spiro atoms. The summed E-state index contributed by atoms with van der Waals surface area (Å²) in [6.07, 6.45) is 2.84. The van der Waals surface area contributed by atoms with E-state index in [1.807, 2.05) is 7.05 Å². The number of nitrogens with zero attached hydrogens (tertiary/aromatic N) is 2. The lowest BCUT2D eigenvalue weighted by molar-refractivity contribution is 0.356. The third kappa shape index (κ3) is 4.28. The van der Waals surface area contributed by atoms with E-state index in [0.717, 1.165) is 0 Å². The summed E-state index contributed by atoms with van der Waals surface area (Å²) in [7, 11) is -0.901. The number of nitrogens with one attached hydrogen (secondary N) is 1. The standard InChI is InChI=1S/C12H21N3O3S/c1-9(13-2)7-12-14-11(15-18-12)8-10-3-5-19(16,17)6-4-10/h9-10,13H,3-8H2,1-2H3. The molecule has 1 fully saturated rings. The monoisotopic (exact) mass is 287 g/mol. The minimum absolute atomic E-state index is 0.291. The van der Waals surface area contributed by atoms with Gasteiger partial charge in [0.15, 0.2) is 5.82 Å². The zero-order chi connectivity index (χ0) is 13.9. The first kappa shape index (κ1) is 14.5. The van der Waals surface area contributed by atoms with Crippen molar-refractivity contribution in [2.75, 3.05) is 18.6 Å². The molecule has 19 heavy (non-hydrogen) atoms. The Morgan fingerprint density at radius 1 is 1.42 bits per heavy atom. The Labute approximate surface area is 113 Å². The highest BCUT2D eigenvalue weighted by atomic mass is 32.2. The number of rotatable bonds is 5. The van der Waals surface area contributed by atoms with Gasteiger partial charge in [0.2, 0.25) is 5.89 Å². The lowest BCUT2D eigenvalue weighted by Crippen LogP contribution is -2.25. The normalized spacial score (nSPS) is 21.4. The molecule has 1 atom stereocenters. The molecule has 1 aromatic heterocycles. The SMILES string of the molecule is CNC(C)Cc1nc(CC2CCS(=O)(=O)CC2)no1. The molecule has 0 amide bonds. The van der Waals surface area contributed by atoms with Crippen molar-refractivity contribution >= 4 is 9.84 Å². The summed E-state index contributed by atoms with van der Waals surface area (Å²) in [6.45, 7) is 2.05. The Bertz CT molecular complexity index is 498. The van der Waals surface area contributed by atoms with E-state index in [1.54, 1.807) is 0 Å². The zero-order valence-corrected chi connectivity index (χ0v) is 12.2. The Morgan fingerprint density at radius 3 is 2.74 bits per heavy atom. The van der Waals surface area contributed by atoms with Crippen molar-refractivity contribution in [3.05, 3.63) is 11.7 Å². The van der Waals surface area contributed by atoms with Crippen molar-refractivity contribution in [2.24, 2.45) is 5.92 Å². The second kappa shape index (κ2) is 6.00. The Morgan fingerprint density at radius 2 is 2.11 bits per heavy atom. The molecule has 1 unspecified atom stereocenters. The first-order valence-corrected chi connectivity index (χ1v) is 8.50. The fraction of sp³-hybridized carbons (Fsp3) is 0.833. The van der Waals surface area contributed by atoms with Gasteiger partial charge in [0.05, 0.1) is 11.5 Å². The molecule has 0 saturated carbocycles. The highest BCUT2D eigenvalue weighted by Crippen LogP contribution is 2.22. The molecule has 1 aliphatic rings. The quantitative estimate of drug-likeness (QED) is 0.853. The van der Waals surface area contributed by atoms with Crippen LogP contribution in [0.3, 0.4) is 0 Å². The van der Waals surface area contributed by atoms with Crippen LogP contribution >= 0.6 is 0 Å². The van der Waals surface area contributed by atoms with E-state index in [0.29, 0.717) is 60.9 Å². The summed E-state index contributed by atoms with van der Waals surface area (Å²) in [6, 6.07) is 0.299. The lowest BCUT2D eigenvalue weighted by Gasteiger charge is -2.20. The first-order valence-electron chi connectivity index (χ1n) is 6.67. The highest BCUT2D eigenvalue weighted by molar-refractivity contribution is 7.91. The van der Waals surface area contributed by atoms with Gasteiger partial charge >= 0.3 is 0 Å². The second-order valence-electron chi connectivity index (χ2n) is 5.30. The molecule has 1 N–H and O–H groups in total. The molecule has 1 saturated heterocycles. The average molecular weight is 287 g/mol. The minimum Gasteiger partial charge on any atom is -0.339 e. The lowest BCUT2D eigenvalue weighted by atomic mass is 9.99. The summed E-state index contributed by atoms with van der Waals surface area (Å²) < 4.78 is 27.9. The van der Waals surface area contributed by atoms with Gasteiger partial charge in [-0.3, -0.25) is 0 Å². The summed E-state index contributed by atoms with van der Waals surface area (Å²) in [5.41, 5.74) is 0. The highest BCUT2D eigenvalue weighted by Gasteiger charge is 2.25. The van der Waals surface area contributed by atoms with Crippen molar-refractivity contribution in [1.29, 1.82) is 0 Å². The van der Waals surface area contributed by atoms with Crippen LogP contribution in [0, 0.1) is 5.92 Å². The number of aromatic nitrogens is 2. The van der Waals surface area contributed by atoms with E-state index in [2.05, 4.69) is 22.4 Å². The number of hydrogen-bond acceptors (Lipinski definition) is 6. The smallest absolute Gasteiger partial charge is 0.228 e. The molecule has 7 heteroatoms. The maximum Gasteiger partial charge on any atom is 0.228 e. The Balaban J connectivity index is 1.87. The Kier molecular flexibility index (Phi) is 4.57. The van der Waals surface area contributed by atoms with Crippen LogP contribution in [-0.2, 0) is 22.7 Å². The van der Waals surface area contributed by atoms with Crippen LogP contribution in [0.4, 0.5) is 0 Å². The van der Waals surface area contributed by atoms with Crippen LogP contribution in [0.25, 0.3) is 0 Å². The van der Waals surface area contributed by atoms with E-state index in [4.69, 9.17) is 4.52 Å². The maximum atomic E-state index is 11.4. The van der Waals surface area contributed by atoms with Crippen LogP contribution in [0.5, 0.6) is 0 Å². The molecular weight excluding hydrogens is 266 g/mol. The topological polar surface area (TPSA) is 85.1 Å². The van der Waals surface area contributed by atoms with E-state index in [9.17, 15) is 8.42 Å². The Hall–Kier alpha value is -0.950. The molecule has 6 nitrogen and oxygen atoms in total. The molecule has 0 radical (unpaired) electrons. The van der Waals surface area contributed by atoms with Crippen molar-refractivity contribution in [2.45, 2.75) is 38.6 Å². The molecule has 2 heterocycles. The van der Waals surface area contributed by atoms with Gasteiger partial charge in [-0.1, -0.05) is 5.16 Å². The van der Waals surface area contributed by atoms with Crippen molar-refractivity contribution in [3.8, 4) is 0 Å². The van der Waals surface area contributed by atoms with Crippen LogP contribution in [0.2, 0.25) is 0 Å². The summed E-state index contributed by atoms with van der Waals surface area (Å²) in [5, 5.41) is 7.09. The average Bonchev–Trinajstić information content (AvgIpc) is 2.79. The molecule has 0 aliphatic carbocycles. The zero-order valence-electron chi connectivity index (χ0n) is 11.4. The molecule has 108 valence electrons. The van der Waals surface area contributed by atoms with Crippen molar-refractivity contribution < 1.29 is 12.9 Å². The molecule has 0 bridgehead atoms. The molecule has 2 rings (SSSR count). The van der Waals surface area contributed by atoms with Crippen LogP contribution in [0.1, 0.15) is 31.5 Å². The number of sulfone groups is 1. The predicted octanol–water partition coefficient (Wildman–Crippen LogP) is 0.587. The van der Waals surface area contributed by atoms with E-state index in [1.165, 1.54) is 0 Å². The van der Waals surface area contributed by atoms with Gasteiger partial charge < -0.3 is 9.84 Å². The van der Waals surface area contributed by atoms with Gasteiger partial charge in [0.25, 0.3) is 0 Å². The van der Waals surface area contributed by atoms with E-state index < -0.39 is 9.84 Å². The largest absolute Gasteiger partial charge is 0.339 e. The van der Waals surface area contributed by atoms with Crippen molar-refractivity contribution in [3.63, 3.8) is 0 Å². The van der Waals surface area contributed by atoms with Gasteiger partial charge in [-0.25, -0.2) is 8.42 Å². The fourth-order valence-corrected chi connectivity index (χ4v) is 3.81. The number of hydrogen-bond donors (Lipinski definition) is 1. The number of likely N-dealkylation sites (N-methyl/N-ethyl adjacent to an activating group) is 1.